The molecule has 1 rings (SSSR count). The summed E-state index contributed by atoms with van der Waals surface area (Å²) in [6, 6.07) is 3.70. The molecule has 15 heavy (non-hydrogen) atoms. The molecule has 1 aromatic heterocycles. The summed E-state index contributed by atoms with van der Waals surface area (Å²) < 4.78 is 6.16. The second-order valence-electron chi connectivity index (χ2n) is 3.89. The number of halogens is 1. The van der Waals surface area contributed by atoms with Crippen LogP contribution in [0.25, 0.3) is 0 Å². The van der Waals surface area contributed by atoms with Gasteiger partial charge in [0.05, 0.1) is 0 Å². The molecule has 0 aliphatic rings. The van der Waals surface area contributed by atoms with Crippen molar-refractivity contribution >= 4 is 28.5 Å². The van der Waals surface area contributed by atoms with Crippen LogP contribution in [0.2, 0.25) is 0 Å². The molecule has 0 saturated carbocycles. The van der Waals surface area contributed by atoms with Gasteiger partial charge in [0.2, 0.25) is 0 Å². The van der Waals surface area contributed by atoms with Gasteiger partial charge in [-0.3, -0.25) is 4.79 Å². The van der Waals surface area contributed by atoms with E-state index in [-0.39, 0.29) is 11.9 Å². The van der Waals surface area contributed by atoms with Gasteiger partial charge in [-0.2, -0.15) is 0 Å². The molecule has 1 N–H and O–H groups in total. The predicted octanol–water partition coefficient (Wildman–Crippen LogP) is 2.78. The van der Waals surface area contributed by atoms with Crippen LogP contribution in [0.15, 0.2) is 16.5 Å². The lowest BCUT2D eigenvalue weighted by atomic mass is 10.1. The molecule has 0 aromatic carbocycles. The molecule has 0 fully saturated rings. The van der Waals surface area contributed by atoms with Gasteiger partial charge in [-0.25, -0.2) is 0 Å². The maximum absolute atomic E-state index is 11.7. The van der Waals surface area contributed by atoms with Crippen molar-refractivity contribution in [1.29, 1.82) is 0 Å². The number of carbonyl (C=O) groups excluding carboxylic acids is 1. The second kappa shape index (κ2) is 5.53. The van der Waals surface area contributed by atoms with E-state index in [1.54, 1.807) is 12.1 Å². The fraction of sp³-hybridized carbons (Fsp3) is 0.545. The number of amides is 1. The number of hydrogen-bond donors (Lipinski definition) is 1. The lowest BCUT2D eigenvalue weighted by molar-refractivity contribution is 0.0902. The van der Waals surface area contributed by atoms with Crippen LogP contribution in [-0.2, 0) is 0 Å². The highest BCUT2D eigenvalue weighted by molar-refractivity contribution is 14.1. The summed E-state index contributed by atoms with van der Waals surface area (Å²) >= 11 is 2.28. The van der Waals surface area contributed by atoms with Gasteiger partial charge in [0.15, 0.2) is 5.76 Å². The van der Waals surface area contributed by atoms with Crippen molar-refractivity contribution in [2.24, 2.45) is 5.92 Å². The first kappa shape index (κ1) is 12.5. The molecule has 4 heteroatoms. The second-order valence-corrected chi connectivity index (χ2v) is 4.77. The minimum atomic E-state index is -0.126. The summed E-state index contributed by atoms with van der Waals surface area (Å²) in [5.74, 6) is 1.46. The Balaban J connectivity index is 2.62. The fourth-order valence-corrected chi connectivity index (χ4v) is 2.42. The molecular formula is C11H16INO2. The van der Waals surface area contributed by atoms with Crippen molar-refractivity contribution in [3.8, 4) is 0 Å². The van der Waals surface area contributed by atoms with Crippen LogP contribution in [0.4, 0.5) is 0 Å². The quantitative estimate of drug-likeness (QED) is 0.684. The molecule has 1 atom stereocenters. The van der Waals surface area contributed by atoms with Gasteiger partial charge >= 0.3 is 0 Å². The first-order chi connectivity index (χ1) is 7.04. The van der Waals surface area contributed by atoms with Crippen molar-refractivity contribution in [2.75, 3.05) is 4.43 Å². The lowest BCUT2D eigenvalue weighted by Gasteiger charge is -2.18. The third-order valence-electron chi connectivity index (χ3n) is 2.25. The van der Waals surface area contributed by atoms with E-state index in [9.17, 15) is 4.79 Å². The number of furan rings is 1. The van der Waals surface area contributed by atoms with E-state index < -0.39 is 0 Å². The van der Waals surface area contributed by atoms with Gasteiger partial charge in [0, 0.05) is 10.5 Å². The summed E-state index contributed by atoms with van der Waals surface area (Å²) in [6.07, 6.45) is 0. The summed E-state index contributed by atoms with van der Waals surface area (Å²) in [6.45, 7) is 6.02. The molecule has 0 radical (unpaired) electrons. The highest BCUT2D eigenvalue weighted by Crippen LogP contribution is 2.09. The number of aryl methyl sites for hydroxylation is 1. The lowest BCUT2D eigenvalue weighted by Crippen LogP contribution is -2.39. The molecular weight excluding hydrogens is 305 g/mol. The predicted molar refractivity (Wildman–Crippen MR) is 68.4 cm³/mol. The van der Waals surface area contributed by atoms with Crippen LogP contribution in [0.1, 0.15) is 30.2 Å². The summed E-state index contributed by atoms with van der Waals surface area (Å²) in [7, 11) is 0. The van der Waals surface area contributed by atoms with Crippen LogP contribution in [-0.4, -0.2) is 16.4 Å². The molecule has 0 bridgehead atoms. The van der Waals surface area contributed by atoms with E-state index in [0.717, 1.165) is 10.2 Å². The van der Waals surface area contributed by atoms with Gasteiger partial charge in [-0.1, -0.05) is 36.4 Å². The maximum atomic E-state index is 11.7. The first-order valence-electron chi connectivity index (χ1n) is 4.98. The number of rotatable bonds is 4. The average Bonchev–Trinajstić information content (AvgIpc) is 2.60. The van der Waals surface area contributed by atoms with Crippen molar-refractivity contribution in [3.63, 3.8) is 0 Å². The Labute approximate surface area is 104 Å². The van der Waals surface area contributed by atoms with E-state index in [4.69, 9.17) is 4.42 Å². The fourth-order valence-electron chi connectivity index (χ4n) is 1.18. The number of alkyl halides is 1. The van der Waals surface area contributed by atoms with E-state index >= 15 is 0 Å². The van der Waals surface area contributed by atoms with Gasteiger partial charge in [0.25, 0.3) is 5.91 Å². The Morgan fingerprint density at radius 2 is 2.20 bits per heavy atom. The SMILES string of the molecule is Cc1ccc(C(=O)NC(CI)C(C)C)o1. The maximum Gasteiger partial charge on any atom is 0.287 e. The smallest absolute Gasteiger partial charge is 0.287 e. The Hall–Kier alpha value is -0.520. The van der Waals surface area contributed by atoms with Crippen LogP contribution < -0.4 is 5.32 Å². The van der Waals surface area contributed by atoms with Crippen LogP contribution in [0.5, 0.6) is 0 Å². The molecule has 84 valence electrons. The average molecular weight is 321 g/mol. The molecule has 1 heterocycles. The van der Waals surface area contributed by atoms with E-state index in [0.29, 0.717) is 11.7 Å². The summed E-state index contributed by atoms with van der Waals surface area (Å²) in [5.41, 5.74) is 0. The number of nitrogens with one attached hydrogen (secondary N) is 1. The third-order valence-corrected chi connectivity index (χ3v) is 3.20. The van der Waals surface area contributed by atoms with Crippen molar-refractivity contribution in [1.82, 2.24) is 5.32 Å². The van der Waals surface area contributed by atoms with Crippen molar-refractivity contribution in [2.45, 2.75) is 26.8 Å². The van der Waals surface area contributed by atoms with Gasteiger partial charge < -0.3 is 9.73 Å². The Morgan fingerprint density at radius 3 is 2.60 bits per heavy atom. The zero-order chi connectivity index (χ0) is 11.4. The number of carbonyl (C=O) groups is 1. The molecule has 0 aliphatic carbocycles. The normalized spacial score (nSPS) is 12.9. The van der Waals surface area contributed by atoms with Crippen LogP contribution in [0, 0.1) is 12.8 Å². The molecule has 1 unspecified atom stereocenters. The Kier molecular flexibility index (Phi) is 4.63. The van der Waals surface area contributed by atoms with E-state index in [1.807, 2.05) is 6.92 Å². The van der Waals surface area contributed by atoms with E-state index in [1.165, 1.54) is 0 Å². The zero-order valence-electron chi connectivity index (χ0n) is 9.21. The minimum absolute atomic E-state index is 0.126. The van der Waals surface area contributed by atoms with E-state index in [2.05, 4.69) is 41.8 Å². The van der Waals surface area contributed by atoms with Crippen molar-refractivity contribution in [3.05, 3.63) is 23.7 Å². The third kappa shape index (κ3) is 3.52. The van der Waals surface area contributed by atoms with Crippen molar-refractivity contribution < 1.29 is 9.21 Å². The van der Waals surface area contributed by atoms with Crippen LogP contribution >= 0.6 is 22.6 Å². The first-order valence-corrected chi connectivity index (χ1v) is 6.50. The number of hydrogen-bond acceptors (Lipinski definition) is 2. The Morgan fingerprint density at radius 1 is 1.53 bits per heavy atom. The van der Waals surface area contributed by atoms with Crippen LogP contribution in [0.3, 0.4) is 0 Å². The largest absolute Gasteiger partial charge is 0.456 e. The summed E-state index contributed by atoms with van der Waals surface area (Å²) in [4.78, 5) is 11.7. The van der Waals surface area contributed by atoms with Gasteiger partial charge in [-0.05, 0) is 25.0 Å². The Bertz CT molecular complexity index is 333. The minimum Gasteiger partial charge on any atom is -0.456 e. The molecule has 3 nitrogen and oxygen atoms in total. The monoisotopic (exact) mass is 321 g/mol. The topological polar surface area (TPSA) is 42.2 Å². The van der Waals surface area contributed by atoms with Gasteiger partial charge in [-0.15, -0.1) is 0 Å². The highest BCUT2D eigenvalue weighted by Gasteiger charge is 2.17. The molecule has 0 spiro atoms. The summed E-state index contributed by atoms with van der Waals surface area (Å²) in [5, 5.41) is 2.96. The molecule has 1 aromatic rings. The molecule has 1 amide bonds. The highest BCUT2D eigenvalue weighted by atomic mass is 127. The standard InChI is InChI=1S/C11H16INO2/c1-7(2)9(6-12)13-11(14)10-5-4-8(3)15-10/h4-5,7,9H,6H2,1-3H3,(H,13,14). The van der Waals surface area contributed by atoms with Gasteiger partial charge in [0.1, 0.15) is 5.76 Å². The molecule has 0 saturated heterocycles. The zero-order valence-corrected chi connectivity index (χ0v) is 11.4. The molecule has 0 aliphatic heterocycles.